The largest absolute Gasteiger partial charge is 0.435 e. The predicted octanol–water partition coefficient (Wildman–Crippen LogP) is 3.58. The monoisotopic (exact) mass is 419 g/mol. The van der Waals surface area contributed by atoms with Crippen LogP contribution in [0.2, 0.25) is 0 Å². The Labute approximate surface area is 175 Å². The second-order valence-corrected chi connectivity index (χ2v) is 7.25. The molecule has 0 unspecified atom stereocenters. The number of likely N-dealkylation sites (N-methyl/N-ethyl adjacent to an activating group) is 1. The highest BCUT2D eigenvalue weighted by atomic mass is 19.3. The number of anilines is 2. The summed E-state index contributed by atoms with van der Waals surface area (Å²) in [5.41, 5.74) is 2.75. The Morgan fingerprint density at radius 2 is 1.77 bits per heavy atom. The highest BCUT2D eigenvalue weighted by molar-refractivity contribution is 5.94. The molecule has 6 nitrogen and oxygen atoms in total. The van der Waals surface area contributed by atoms with Gasteiger partial charge in [0.05, 0.1) is 19.3 Å². The lowest BCUT2D eigenvalue weighted by molar-refractivity contribution is -0.120. The van der Waals surface area contributed by atoms with Crippen molar-refractivity contribution in [3.63, 3.8) is 0 Å². The van der Waals surface area contributed by atoms with Crippen molar-refractivity contribution in [1.82, 2.24) is 4.90 Å². The number of nitrogens with one attached hydrogen (secondary N) is 1. The van der Waals surface area contributed by atoms with Gasteiger partial charge >= 0.3 is 6.61 Å². The molecule has 1 fully saturated rings. The molecule has 0 radical (unpaired) electrons. The lowest BCUT2D eigenvalue weighted by atomic mass is 10.1. The van der Waals surface area contributed by atoms with Gasteiger partial charge in [-0.3, -0.25) is 9.69 Å². The Balaban J connectivity index is 1.51. The minimum atomic E-state index is -2.84. The average molecular weight is 419 g/mol. The van der Waals surface area contributed by atoms with E-state index in [0.717, 1.165) is 43.2 Å². The van der Waals surface area contributed by atoms with Gasteiger partial charge in [-0.2, -0.15) is 8.78 Å². The molecule has 1 saturated heterocycles. The van der Waals surface area contributed by atoms with Crippen molar-refractivity contribution in [1.29, 1.82) is 0 Å². The Morgan fingerprint density at radius 3 is 2.37 bits per heavy atom. The van der Waals surface area contributed by atoms with E-state index in [4.69, 9.17) is 4.74 Å². The molecule has 1 heterocycles. The van der Waals surface area contributed by atoms with Crippen LogP contribution in [0.5, 0.6) is 5.75 Å². The van der Waals surface area contributed by atoms with Crippen LogP contribution in [0.15, 0.2) is 48.5 Å². The molecule has 1 aliphatic rings. The van der Waals surface area contributed by atoms with Gasteiger partial charge in [0.25, 0.3) is 0 Å². The third-order valence-corrected chi connectivity index (χ3v) is 5.13. The van der Waals surface area contributed by atoms with Crippen LogP contribution in [0.4, 0.5) is 20.2 Å². The molecule has 2 aromatic carbocycles. The van der Waals surface area contributed by atoms with Crippen LogP contribution >= 0.6 is 0 Å². The average Bonchev–Trinajstić information content (AvgIpc) is 2.75. The molecule has 1 atom stereocenters. The summed E-state index contributed by atoms with van der Waals surface area (Å²) in [6, 6.07) is 13.8. The van der Waals surface area contributed by atoms with Crippen LogP contribution in [0, 0.1) is 0 Å². The number of rotatable bonds is 8. The second kappa shape index (κ2) is 10.4. The summed E-state index contributed by atoms with van der Waals surface area (Å²) < 4.78 is 34.2. The Morgan fingerprint density at radius 1 is 1.13 bits per heavy atom. The van der Waals surface area contributed by atoms with Crippen LogP contribution in [0.1, 0.15) is 12.5 Å². The smallest absolute Gasteiger partial charge is 0.387 e. The number of carbonyl (C=O) groups excluding carboxylic acids is 1. The number of benzene rings is 2. The molecule has 0 spiro atoms. The van der Waals surface area contributed by atoms with E-state index in [1.54, 1.807) is 12.1 Å². The molecule has 162 valence electrons. The number of hydrogen-bond donors (Lipinski definition) is 1. The fourth-order valence-corrected chi connectivity index (χ4v) is 3.23. The van der Waals surface area contributed by atoms with E-state index < -0.39 is 6.61 Å². The van der Waals surface area contributed by atoms with Gasteiger partial charge in [-0.05, 0) is 55.9 Å². The number of halogens is 2. The van der Waals surface area contributed by atoms with Gasteiger partial charge in [-0.1, -0.05) is 12.1 Å². The third-order valence-electron chi connectivity index (χ3n) is 5.13. The molecule has 1 amide bonds. The number of hydrogen-bond acceptors (Lipinski definition) is 5. The molecule has 2 aromatic rings. The third kappa shape index (κ3) is 6.14. The molecule has 1 aliphatic heterocycles. The number of alkyl halides is 2. The van der Waals surface area contributed by atoms with Gasteiger partial charge in [-0.15, -0.1) is 0 Å². The van der Waals surface area contributed by atoms with E-state index in [9.17, 15) is 13.6 Å². The van der Waals surface area contributed by atoms with Gasteiger partial charge in [-0.25, -0.2) is 0 Å². The first-order chi connectivity index (χ1) is 14.4. The summed E-state index contributed by atoms with van der Waals surface area (Å²) in [6.07, 6.45) is 0. The van der Waals surface area contributed by atoms with Crippen molar-refractivity contribution >= 4 is 17.3 Å². The molecule has 8 heteroatoms. The zero-order valence-corrected chi connectivity index (χ0v) is 17.2. The van der Waals surface area contributed by atoms with Crippen LogP contribution in [0.3, 0.4) is 0 Å². The minimum absolute atomic E-state index is 0.114. The SMILES string of the molecule is C[C@@H](C(=O)Nc1ccc(N2CCOCC2)cc1)N(C)Cc1ccc(OC(F)F)cc1. The van der Waals surface area contributed by atoms with Crippen molar-refractivity contribution in [2.75, 3.05) is 43.6 Å². The first-order valence-corrected chi connectivity index (χ1v) is 9.90. The number of ether oxygens (including phenoxy) is 2. The molecule has 1 N–H and O–H groups in total. The summed E-state index contributed by atoms with van der Waals surface area (Å²) in [7, 11) is 1.84. The van der Waals surface area contributed by atoms with Crippen molar-refractivity contribution in [2.24, 2.45) is 0 Å². The van der Waals surface area contributed by atoms with Crippen LogP contribution in [-0.4, -0.2) is 56.8 Å². The van der Waals surface area contributed by atoms with Gasteiger partial charge in [0, 0.05) is 31.0 Å². The number of amides is 1. The Kier molecular flexibility index (Phi) is 7.59. The second-order valence-electron chi connectivity index (χ2n) is 7.25. The maximum absolute atomic E-state index is 12.6. The van der Waals surface area contributed by atoms with Crippen LogP contribution in [-0.2, 0) is 16.1 Å². The van der Waals surface area contributed by atoms with Crippen molar-refractivity contribution in [3.8, 4) is 5.75 Å². The zero-order valence-electron chi connectivity index (χ0n) is 17.2. The molecule has 3 rings (SSSR count). The van der Waals surface area contributed by atoms with E-state index in [-0.39, 0.29) is 17.7 Å². The maximum atomic E-state index is 12.6. The standard InChI is InChI=1S/C22H27F2N3O3/c1-16(26(2)15-17-3-9-20(10-4-17)30-22(23)24)21(28)25-18-5-7-19(8-6-18)27-11-13-29-14-12-27/h3-10,16,22H,11-15H2,1-2H3,(H,25,28)/t16-/m0/s1. The number of morpholine rings is 1. The topological polar surface area (TPSA) is 54.0 Å². The molecule has 0 bridgehead atoms. The lowest BCUT2D eigenvalue weighted by Gasteiger charge is -2.29. The van der Waals surface area contributed by atoms with Gasteiger partial charge in [0.15, 0.2) is 0 Å². The molecule has 0 saturated carbocycles. The highest BCUT2D eigenvalue weighted by Gasteiger charge is 2.19. The number of carbonyl (C=O) groups is 1. The van der Waals surface area contributed by atoms with Crippen LogP contribution in [0.25, 0.3) is 0 Å². The normalized spacial score (nSPS) is 15.3. The molecular formula is C22H27F2N3O3. The summed E-state index contributed by atoms with van der Waals surface area (Å²) in [5, 5.41) is 2.94. The van der Waals surface area contributed by atoms with Gasteiger partial charge in [0.2, 0.25) is 5.91 Å². The first kappa shape index (κ1) is 22.0. The Hall–Kier alpha value is -2.71. The van der Waals surface area contributed by atoms with Crippen molar-refractivity contribution < 1.29 is 23.0 Å². The van der Waals surface area contributed by atoms with Gasteiger partial charge in [0.1, 0.15) is 5.75 Å². The molecule has 30 heavy (non-hydrogen) atoms. The maximum Gasteiger partial charge on any atom is 0.387 e. The first-order valence-electron chi connectivity index (χ1n) is 9.90. The zero-order chi connectivity index (χ0) is 21.5. The highest BCUT2D eigenvalue weighted by Crippen LogP contribution is 2.20. The fourth-order valence-electron chi connectivity index (χ4n) is 3.23. The van der Waals surface area contributed by atoms with Crippen molar-refractivity contribution in [3.05, 3.63) is 54.1 Å². The molecule has 0 aliphatic carbocycles. The summed E-state index contributed by atoms with van der Waals surface area (Å²) in [6.45, 7) is 2.66. The minimum Gasteiger partial charge on any atom is -0.435 e. The van der Waals surface area contributed by atoms with Crippen LogP contribution < -0.4 is 15.0 Å². The molecular weight excluding hydrogens is 392 g/mol. The van der Waals surface area contributed by atoms with E-state index >= 15 is 0 Å². The summed E-state index contributed by atoms with van der Waals surface area (Å²) in [4.78, 5) is 16.8. The van der Waals surface area contributed by atoms with E-state index in [1.807, 2.05) is 43.1 Å². The lowest BCUT2D eigenvalue weighted by Crippen LogP contribution is -2.39. The number of nitrogens with zero attached hydrogens (tertiary/aromatic N) is 2. The van der Waals surface area contributed by atoms with E-state index in [2.05, 4.69) is 15.0 Å². The quantitative estimate of drug-likeness (QED) is 0.709. The van der Waals surface area contributed by atoms with Crippen molar-refractivity contribution in [2.45, 2.75) is 26.1 Å². The molecule has 0 aromatic heterocycles. The van der Waals surface area contributed by atoms with Gasteiger partial charge < -0.3 is 19.7 Å². The summed E-state index contributed by atoms with van der Waals surface area (Å²) in [5.74, 6) is -0.00278. The Bertz CT molecular complexity index is 809. The fraction of sp³-hybridized carbons (Fsp3) is 0.409. The summed E-state index contributed by atoms with van der Waals surface area (Å²) >= 11 is 0. The predicted molar refractivity (Wildman–Crippen MR) is 112 cm³/mol. The van der Waals surface area contributed by atoms with E-state index in [0.29, 0.717) is 6.54 Å². The van der Waals surface area contributed by atoms with E-state index in [1.165, 1.54) is 12.1 Å².